The first-order valence-electron chi connectivity index (χ1n) is 7.45. The Bertz CT molecular complexity index is 916. The highest BCUT2D eigenvalue weighted by atomic mass is 15.0. The summed E-state index contributed by atoms with van der Waals surface area (Å²) in [6, 6.07) is 20.9. The minimum Gasteiger partial charge on any atom is -0.341 e. The van der Waals surface area contributed by atoms with Crippen molar-refractivity contribution in [1.82, 2.24) is 14.5 Å². The van der Waals surface area contributed by atoms with Crippen LogP contribution in [-0.4, -0.2) is 14.5 Å². The molecule has 0 atom stereocenters. The number of aromatic nitrogens is 3. The van der Waals surface area contributed by atoms with Gasteiger partial charge in [-0.25, -0.2) is 4.98 Å². The number of nitrogens with one attached hydrogen (secondary N) is 1. The van der Waals surface area contributed by atoms with Crippen molar-refractivity contribution < 1.29 is 0 Å². The minimum atomic E-state index is 0.846. The molecule has 108 valence electrons. The summed E-state index contributed by atoms with van der Waals surface area (Å²) in [5, 5.41) is 0. The van der Waals surface area contributed by atoms with Crippen molar-refractivity contribution in [2.45, 2.75) is 13.5 Å². The highest BCUT2D eigenvalue weighted by Crippen LogP contribution is 2.22. The molecular weight excluding hydrogens is 270 g/mol. The Balaban J connectivity index is 1.74. The molecule has 0 spiro atoms. The Morgan fingerprint density at radius 2 is 1.86 bits per heavy atom. The molecule has 0 amide bonds. The summed E-state index contributed by atoms with van der Waals surface area (Å²) in [5.41, 5.74) is 5.72. The van der Waals surface area contributed by atoms with Gasteiger partial charge in [-0.05, 0) is 42.3 Å². The third-order valence-electron chi connectivity index (χ3n) is 3.91. The van der Waals surface area contributed by atoms with Crippen molar-refractivity contribution in [3.63, 3.8) is 0 Å². The second-order valence-electron chi connectivity index (χ2n) is 5.61. The van der Waals surface area contributed by atoms with Crippen LogP contribution in [0.2, 0.25) is 0 Å². The van der Waals surface area contributed by atoms with Crippen LogP contribution in [0.5, 0.6) is 0 Å². The van der Waals surface area contributed by atoms with E-state index in [1.807, 2.05) is 6.07 Å². The molecule has 0 aliphatic carbocycles. The first-order valence-corrected chi connectivity index (χ1v) is 7.45. The maximum Gasteiger partial charge on any atom is 0.155 e. The lowest BCUT2D eigenvalue weighted by Crippen LogP contribution is -2.00. The molecule has 0 radical (unpaired) electrons. The summed E-state index contributed by atoms with van der Waals surface area (Å²) < 4.78 is 2.22. The fourth-order valence-corrected chi connectivity index (χ4v) is 2.79. The number of fused-ring (bicyclic) bond motifs is 1. The highest BCUT2D eigenvalue weighted by Gasteiger charge is 2.09. The van der Waals surface area contributed by atoms with E-state index in [0.29, 0.717) is 0 Å². The largest absolute Gasteiger partial charge is 0.341 e. The molecule has 2 aromatic carbocycles. The third kappa shape index (κ3) is 2.31. The first-order chi connectivity index (χ1) is 10.8. The molecule has 3 nitrogen and oxygen atoms in total. The van der Waals surface area contributed by atoms with E-state index >= 15 is 0 Å². The van der Waals surface area contributed by atoms with Gasteiger partial charge in [0, 0.05) is 12.7 Å². The Kier molecular flexibility index (Phi) is 3.04. The molecule has 0 fully saturated rings. The average Bonchev–Trinajstić information content (AvgIpc) is 3.14. The van der Waals surface area contributed by atoms with Crippen LogP contribution in [0.25, 0.3) is 22.6 Å². The zero-order valence-electron chi connectivity index (χ0n) is 12.5. The van der Waals surface area contributed by atoms with Crippen molar-refractivity contribution in [1.29, 1.82) is 0 Å². The van der Waals surface area contributed by atoms with Crippen molar-refractivity contribution >= 4 is 11.0 Å². The normalized spacial score (nSPS) is 11.1. The zero-order valence-corrected chi connectivity index (χ0v) is 12.5. The van der Waals surface area contributed by atoms with Crippen LogP contribution in [0.1, 0.15) is 11.1 Å². The van der Waals surface area contributed by atoms with Crippen molar-refractivity contribution in [3.05, 3.63) is 78.0 Å². The molecule has 0 unspecified atom stereocenters. The van der Waals surface area contributed by atoms with Crippen LogP contribution >= 0.6 is 0 Å². The maximum absolute atomic E-state index is 4.72. The summed E-state index contributed by atoms with van der Waals surface area (Å²) in [7, 11) is 0. The number of benzene rings is 2. The number of imidazole rings is 1. The number of H-pyrrole nitrogens is 1. The van der Waals surface area contributed by atoms with Crippen LogP contribution in [-0.2, 0) is 6.54 Å². The second kappa shape index (κ2) is 5.19. The van der Waals surface area contributed by atoms with Gasteiger partial charge in [0.2, 0.25) is 0 Å². The van der Waals surface area contributed by atoms with Gasteiger partial charge in [0.25, 0.3) is 0 Å². The van der Waals surface area contributed by atoms with Crippen molar-refractivity contribution in [2.75, 3.05) is 0 Å². The highest BCUT2D eigenvalue weighted by molar-refractivity contribution is 5.79. The monoisotopic (exact) mass is 287 g/mol. The van der Waals surface area contributed by atoms with Gasteiger partial charge in [-0.15, -0.1) is 0 Å². The molecule has 1 N–H and O–H groups in total. The van der Waals surface area contributed by atoms with E-state index in [4.69, 9.17) is 4.98 Å². The fourth-order valence-electron chi connectivity index (χ4n) is 2.79. The summed E-state index contributed by atoms with van der Waals surface area (Å²) in [6.07, 6.45) is 2.10. The van der Waals surface area contributed by atoms with Crippen molar-refractivity contribution in [2.24, 2.45) is 0 Å². The standard InChI is InChI=1S/C19H17N3/c1-14-9-10-16-17(12-14)21-19(20-16)18-8-5-11-22(18)13-15-6-3-2-4-7-15/h2-12H,13H2,1H3,(H,20,21). The predicted octanol–water partition coefficient (Wildman–Crippen LogP) is 4.39. The van der Waals surface area contributed by atoms with Gasteiger partial charge in [-0.3, -0.25) is 0 Å². The Labute approximate surface area is 129 Å². The SMILES string of the molecule is Cc1ccc2nc(-c3cccn3Cc3ccccc3)[nH]c2c1. The number of rotatable bonds is 3. The molecule has 4 rings (SSSR count). The van der Waals surface area contributed by atoms with E-state index in [0.717, 1.165) is 29.1 Å². The summed E-state index contributed by atoms with van der Waals surface area (Å²) in [4.78, 5) is 8.16. The first kappa shape index (κ1) is 12.9. The van der Waals surface area contributed by atoms with Crippen LogP contribution in [0, 0.1) is 6.92 Å². The van der Waals surface area contributed by atoms with E-state index < -0.39 is 0 Å². The lowest BCUT2D eigenvalue weighted by atomic mass is 10.2. The van der Waals surface area contributed by atoms with Gasteiger partial charge in [0.05, 0.1) is 16.7 Å². The Morgan fingerprint density at radius 3 is 2.73 bits per heavy atom. The van der Waals surface area contributed by atoms with E-state index in [-0.39, 0.29) is 0 Å². The number of aromatic amines is 1. The topological polar surface area (TPSA) is 33.6 Å². The third-order valence-corrected chi connectivity index (χ3v) is 3.91. The molecule has 0 bridgehead atoms. The van der Waals surface area contributed by atoms with Crippen molar-refractivity contribution in [3.8, 4) is 11.5 Å². The van der Waals surface area contributed by atoms with Gasteiger partial charge >= 0.3 is 0 Å². The van der Waals surface area contributed by atoms with Crippen LogP contribution in [0.15, 0.2) is 66.9 Å². The number of nitrogens with zero attached hydrogens (tertiary/aromatic N) is 2. The van der Waals surface area contributed by atoms with Gasteiger partial charge in [0.1, 0.15) is 0 Å². The number of hydrogen-bond acceptors (Lipinski definition) is 1. The quantitative estimate of drug-likeness (QED) is 0.595. The summed E-state index contributed by atoms with van der Waals surface area (Å²) >= 11 is 0. The lowest BCUT2D eigenvalue weighted by molar-refractivity contribution is 0.809. The molecular formula is C19H17N3. The van der Waals surface area contributed by atoms with Crippen LogP contribution in [0.3, 0.4) is 0 Å². The molecule has 0 saturated carbocycles. The van der Waals surface area contributed by atoms with Gasteiger partial charge in [0.15, 0.2) is 5.82 Å². The molecule has 0 aliphatic rings. The fraction of sp³-hybridized carbons (Fsp3) is 0.105. The molecule has 0 aliphatic heterocycles. The van der Waals surface area contributed by atoms with Gasteiger partial charge in [-0.1, -0.05) is 36.4 Å². The van der Waals surface area contributed by atoms with Gasteiger partial charge < -0.3 is 9.55 Å². The summed E-state index contributed by atoms with van der Waals surface area (Å²) in [5.74, 6) is 0.918. The van der Waals surface area contributed by atoms with E-state index in [2.05, 4.69) is 77.3 Å². The molecule has 4 aromatic rings. The van der Waals surface area contributed by atoms with E-state index in [9.17, 15) is 0 Å². The summed E-state index contributed by atoms with van der Waals surface area (Å²) in [6.45, 7) is 2.94. The number of hydrogen-bond donors (Lipinski definition) is 1. The second-order valence-corrected chi connectivity index (χ2v) is 5.61. The molecule has 2 aromatic heterocycles. The molecule has 22 heavy (non-hydrogen) atoms. The van der Waals surface area contributed by atoms with E-state index in [1.54, 1.807) is 0 Å². The predicted molar refractivity (Wildman–Crippen MR) is 89.8 cm³/mol. The Hall–Kier alpha value is -2.81. The van der Waals surface area contributed by atoms with Crippen LogP contribution in [0.4, 0.5) is 0 Å². The Morgan fingerprint density at radius 1 is 1.00 bits per heavy atom. The smallest absolute Gasteiger partial charge is 0.155 e. The van der Waals surface area contributed by atoms with Gasteiger partial charge in [-0.2, -0.15) is 0 Å². The van der Waals surface area contributed by atoms with E-state index in [1.165, 1.54) is 11.1 Å². The lowest BCUT2D eigenvalue weighted by Gasteiger charge is -2.07. The minimum absolute atomic E-state index is 0.846. The number of aryl methyl sites for hydroxylation is 1. The zero-order chi connectivity index (χ0) is 14.9. The average molecular weight is 287 g/mol. The molecule has 2 heterocycles. The molecule has 0 saturated heterocycles. The molecule has 3 heteroatoms. The van der Waals surface area contributed by atoms with Crippen LogP contribution < -0.4 is 0 Å². The maximum atomic E-state index is 4.72.